The van der Waals surface area contributed by atoms with E-state index in [0.29, 0.717) is 12.4 Å². The molecule has 2 heterocycles. The first-order valence-electron chi connectivity index (χ1n) is 5.21. The molecule has 0 spiro atoms. The number of halogens is 1. The molecule has 2 rings (SSSR count). The first-order chi connectivity index (χ1) is 7.75. The minimum Gasteiger partial charge on any atom is -0.384 e. The average Bonchev–Trinajstić information content (AvgIpc) is 2.31. The summed E-state index contributed by atoms with van der Waals surface area (Å²) in [5, 5.41) is 9.94. The second-order valence-corrected chi connectivity index (χ2v) is 4.60. The molecule has 0 amide bonds. The Morgan fingerprint density at radius 3 is 2.62 bits per heavy atom. The van der Waals surface area contributed by atoms with Gasteiger partial charge in [-0.2, -0.15) is 0 Å². The largest absolute Gasteiger partial charge is 0.384 e. The van der Waals surface area contributed by atoms with E-state index in [9.17, 15) is 5.11 Å². The molecule has 1 aliphatic rings. The summed E-state index contributed by atoms with van der Waals surface area (Å²) in [7, 11) is 0. The molecule has 0 radical (unpaired) electrons. The van der Waals surface area contributed by atoms with Crippen molar-refractivity contribution in [2.24, 2.45) is 0 Å². The van der Waals surface area contributed by atoms with Crippen molar-refractivity contribution in [3.63, 3.8) is 0 Å². The van der Waals surface area contributed by atoms with Crippen molar-refractivity contribution in [1.29, 1.82) is 0 Å². The maximum atomic E-state index is 9.94. The average molecular weight is 288 g/mol. The van der Waals surface area contributed by atoms with Crippen molar-refractivity contribution < 1.29 is 9.84 Å². The van der Waals surface area contributed by atoms with E-state index in [1.807, 2.05) is 0 Å². The summed E-state index contributed by atoms with van der Waals surface area (Å²) in [5.74, 6) is 0.467. The number of aliphatic hydroxyl groups excluding tert-OH is 1. The van der Waals surface area contributed by atoms with Crippen molar-refractivity contribution in [3.8, 4) is 0 Å². The normalized spacial score (nSPS) is 19.6. The third-order valence-electron chi connectivity index (χ3n) is 2.47. The lowest BCUT2D eigenvalue weighted by Crippen LogP contribution is -2.39. The number of nitrogens with zero attached hydrogens (tertiary/aromatic N) is 3. The van der Waals surface area contributed by atoms with E-state index in [-0.39, 0.29) is 0 Å². The summed E-state index contributed by atoms with van der Waals surface area (Å²) in [6, 6.07) is 0. The lowest BCUT2D eigenvalue weighted by Gasteiger charge is -2.27. The Bertz CT molecular complexity index is 327. The van der Waals surface area contributed by atoms with E-state index in [1.165, 1.54) is 0 Å². The molecule has 1 aliphatic heterocycles. The van der Waals surface area contributed by atoms with Crippen LogP contribution in [-0.4, -0.2) is 52.8 Å². The highest BCUT2D eigenvalue weighted by atomic mass is 79.9. The zero-order valence-electron chi connectivity index (χ0n) is 8.84. The number of aliphatic hydroxyl groups is 1. The van der Waals surface area contributed by atoms with Crippen molar-refractivity contribution >= 4 is 15.9 Å². The maximum Gasteiger partial charge on any atom is 0.158 e. The van der Waals surface area contributed by atoms with Gasteiger partial charge in [0.2, 0.25) is 0 Å². The van der Waals surface area contributed by atoms with E-state index in [2.05, 4.69) is 30.8 Å². The van der Waals surface area contributed by atoms with E-state index in [4.69, 9.17) is 4.74 Å². The van der Waals surface area contributed by atoms with Crippen LogP contribution in [0, 0.1) is 0 Å². The molecular weight excluding hydrogens is 274 g/mol. The topological polar surface area (TPSA) is 58.5 Å². The summed E-state index contributed by atoms with van der Waals surface area (Å²) in [6.45, 7) is 3.73. The van der Waals surface area contributed by atoms with Crippen molar-refractivity contribution in [1.82, 2.24) is 14.9 Å². The molecular formula is C10H14BrN3O2. The maximum absolute atomic E-state index is 9.94. The third-order valence-corrected chi connectivity index (χ3v) is 2.88. The van der Waals surface area contributed by atoms with Gasteiger partial charge in [0.15, 0.2) is 5.82 Å². The zero-order valence-corrected chi connectivity index (χ0v) is 10.4. The Balaban J connectivity index is 1.91. The van der Waals surface area contributed by atoms with Gasteiger partial charge < -0.3 is 9.84 Å². The number of morpholine rings is 1. The summed E-state index contributed by atoms with van der Waals surface area (Å²) >= 11 is 3.26. The number of hydrogen-bond donors (Lipinski definition) is 1. The second-order valence-electron chi connectivity index (χ2n) is 3.69. The first kappa shape index (κ1) is 11.9. The van der Waals surface area contributed by atoms with E-state index < -0.39 is 6.10 Å². The molecule has 0 aliphatic carbocycles. The zero-order chi connectivity index (χ0) is 11.4. The van der Waals surface area contributed by atoms with Crippen LogP contribution in [0.25, 0.3) is 0 Å². The van der Waals surface area contributed by atoms with Gasteiger partial charge in [0.1, 0.15) is 6.10 Å². The quantitative estimate of drug-likeness (QED) is 0.883. The van der Waals surface area contributed by atoms with Crippen LogP contribution in [0.5, 0.6) is 0 Å². The van der Waals surface area contributed by atoms with Crippen molar-refractivity contribution in [2.45, 2.75) is 6.10 Å². The van der Waals surface area contributed by atoms with Crippen LogP contribution < -0.4 is 0 Å². The van der Waals surface area contributed by atoms with Crippen LogP contribution in [0.2, 0.25) is 0 Å². The van der Waals surface area contributed by atoms with Crippen LogP contribution >= 0.6 is 15.9 Å². The fraction of sp³-hybridized carbons (Fsp3) is 0.600. The number of rotatable bonds is 3. The summed E-state index contributed by atoms with van der Waals surface area (Å²) < 4.78 is 6.06. The predicted molar refractivity (Wildman–Crippen MR) is 62.0 cm³/mol. The fourth-order valence-electron chi connectivity index (χ4n) is 1.60. The first-order valence-corrected chi connectivity index (χ1v) is 6.00. The van der Waals surface area contributed by atoms with Crippen LogP contribution in [0.4, 0.5) is 0 Å². The molecule has 5 nitrogen and oxygen atoms in total. The Morgan fingerprint density at radius 2 is 2.00 bits per heavy atom. The van der Waals surface area contributed by atoms with E-state index in [0.717, 1.165) is 30.8 Å². The molecule has 1 unspecified atom stereocenters. The molecule has 1 aromatic heterocycles. The Morgan fingerprint density at radius 1 is 1.38 bits per heavy atom. The third kappa shape index (κ3) is 3.21. The molecule has 0 aromatic carbocycles. The fourth-order valence-corrected chi connectivity index (χ4v) is 1.81. The minimum absolute atomic E-state index is 0.467. The van der Waals surface area contributed by atoms with Crippen LogP contribution in [-0.2, 0) is 4.74 Å². The molecule has 1 fully saturated rings. The molecule has 88 valence electrons. The highest BCUT2D eigenvalue weighted by Gasteiger charge is 2.17. The van der Waals surface area contributed by atoms with Crippen LogP contribution in [0.3, 0.4) is 0 Å². The van der Waals surface area contributed by atoms with Gasteiger partial charge in [-0.1, -0.05) is 0 Å². The number of β-amino-alcohol motifs (C(OH)–C–C–N with tert-alkyl or cyclic N) is 1. The van der Waals surface area contributed by atoms with Gasteiger partial charge in [0.05, 0.1) is 17.7 Å². The van der Waals surface area contributed by atoms with Gasteiger partial charge in [-0.25, -0.2) is 9.97 Å². The molecule has 1 saturated heterocycles. The molecule has 1 atom stereocenters. The van der Waals surface area contributed by atoms with Gasteiger partial charge >= 0.3 is 0 Å². The molecule has 0 bridgehead atoms. The lowest BCUT2D eigenvalue weighted by atomic mass is 10.3. The summed E-state index contributed by atoms with van der Waals surface area (Å²) in [5.41, 5.74) is 0. The van der Waals surface area contributed by atoms with Crippen LogP contribution in [0.15, 0.2) is 16.9 Å². The van der Waals surface area contributed by atoms with Crippen molar-refractivity contribution in [3.05, 3.63) is 22.7 Å². The minimum atomic E-state index is -0.633. The van der Waals surface area contributed by atoms with Gasteiger partial charge in [-0.3, -0.25) is 4.90 Å². The second kappa shape index (κ2) is 5.67. The van der Waals surface area contributed by atoms with Gasteiger partial charge in [-0.05, 0) is 15.9 Å². The Hall–Kier alpha value is -0.560. The lowest BCUT2D eigenvalue weighted by molar-refractivity contribution is 0.0126. The molecule has 1 aromatic rings. The summed E-state index contributed by atoms with van der Waals surface area (Å²) in [6.07, 6.45) is 2.65. The number of aromatic nitrogens is 2. The standard InChI is InChI=1S/C10H14BrN3O2/c11-8-5-12-10(13-6-8)9(15)7-14-1-3-16-4-2-14/h5-6,9,15H,1-4,7H2. The van der Waals surface area contributed by atoms with Crippen LogP contribution in [0.1, 0.15) is 11.9 Å². The SMILES string of the molecule is OC(CN1CCOCC1)c1ncc(Br)cn1. The van der Waals surface area contributed by atoms with Gasteiger partial charge in [0, 0.05) is 32.0 Å². The van der Waals surface area contributed by atoms with Gasteiger partial charge in [0.25, 0.3) is 0 Å². The number of hydrogen-bond acceptors (Lipinski definition) is 5. The highest BCUT2D eigenvalue weighted by molar-refractivity contribution is 9.10. The molecule has 16 heavy (non-hydrogen) atoms. The van der Waals surface area contributed by atoms with Crippen molar-refractivity contribution in [2.75, 3.05) is 32.8 Å². The molecule has 6 heteroatoms. The summed E-state index contributed by atoms with van der Waals surface area (Å²) in [4.78, 5) is 10.3. The van der Waals surface area contributed by atoms with E-state index in [1.54, 1.807) is 12.4 Å². The smallest absolute Gasteiger partial charge is 0.158 e. The van der Waals surface area contributed by atoms with Gasteiger partial charge in [-0.15, -0.1) is 0 Å². The highest BCUT2D eigenvalue weighted by Crippen LogP contribution is 2.12. The molecule has 1 N–H and O–H groups in total. The number of ether oxygens (including phenoxy) is 1. The predicted octanol–water partition coefficient (Wildman–Crippen LogP) is 0.605. The Kier molecular flexibility index (Phi) is 4.22. The molecule has 0 saturated carbocycles. The van der Waals surface area contributed by atoms with E-state index >= 15 is 0 Å². The monoisotopic (exact) mass is 287 g/mol. The Labute approximate surface area is 103 Å².